The van der Waals surface area contributed by atoms with E-state index in [9.17, 15) is 4.79 Å². The molecule has 104 valence electrons. The molecule has 3 heteroatoms. The maximum atomic E-state index is 12.2. The van der Waals surface area contributed by atoms with E-state index < -0.39 is 0 Å². The summed E-state index contributed by atoms with van der Waals surface area (Å²) in [6.07, 6.45) is 0.734. The minimum Gasteiger partial charge on any atom is -0.299 e. The van der Waals surface area contributed by atoms with E-state index in [4.69, 9.17) is 23.2 Å². The van der Waals surface area contributed by atoms with Gasteiger partial charge in [0.05, 0.1) is 10.0 Å². The Morgan fingerprint density at radius 1 is 1.00 bits per heavy atom. The van der Waals surface area contributed by atoms with Crippen LogP contribution in [-0.2, 0) is 17.6 Å². The second-order valence-corrected chi connectivity index (χ2v) is 5.89. The average Bonchev–Trinajstić information content (AvgIpc) is 2.33. The summed E-state index contributed by atoms with van der Waals surface area (Å²) in [5.41, 5.74) is 4.18. The molecule has 0 aliphatic heterocycles. The summed E-state index contributed by atoms with van der Waals surface area (Å²) in [6.45, 7) is 4.07. The Bertz CT molecular complexity index is 627. The number of carbonyl (C=O) groups excluding carboxylic acids is 1. The van der Waals surface area contributed by atoms with Gasteiger partial charge in [0, 0.05) is 12.8 Å². The normalized spacial score (nSPS) is 10.6. The molecule has 0 radical (unpaired) electrons. The molecule has 1 nitrogen and oxygen atoms in total. The van der Waals surface area contributed by atoms with Crippen LogP contribution in [0.5, 0.6) is 0 Å². The van der Waals surface area contributed by atoms with Crippen LogP contribution >= 0.6 is 23.2 Å². The maximum Gasteiger partial charge on any atom is 0.141 e. The first-order valence-corrected chi connectivity index (χ1v) is 7.23. The summed E-state index contributed by atoms with van der Waals surface area (Å²) in [5, 5.41) is 0.964. The van der Waals surface area contributed by atoms with Crippen LogP contribution in [0.15, 0.2) is 36.4 Å². The van der Waals surface area contributed by atoms with E-state index >= 15 is 0 Å². The van der Waals surface area contributed by atoms with Crippen LogP contribution < -0.4 is 0 Å². The van der Waals surface area contributed by atoms with E-state index in [1.54, 1.807) is 6.07 Å². The maximum absolute atomic E-state index is 12.2. The molecule has 0 aromatic heterocycles. The fourth-order valence-electron chi connectivity index (χ4n) is 2.36. The predicted octanol–water partition coefficient (Wildman–Crippen LogP) is 4.96. The highest BCUT2D eigenvalue weighted by Crippen LogP contribution is 2.26. The highest BCUT2D eigenvalue weighted by Gasteiger charge is 2.10. The lowest BCUT2D eigenvalue weighted by molar-refractivity contribution is -0.117. The number of benzene rings is 2. The monoisotopic (exact) mass is 306 g/mol. The Balaban J connectivity index is 2.11. The molecule has 0 fully saturated rings. The van der Waals surface area contributed by atoms with Crippen molar-refractivity contribution in [3.63, 3.8) is 0 Å². The van der Waals surface area contributed by atoms with E-state index in [0.29, 0.717) is 22.9 Å². The molecule has 0 amide bonds. The number of hydrogen-bond acceptors (Lipinski definition) is 1. The average molecular weight is 307 g/mol. The molecule has 0 aliphatic carbocycles. The number of carbonyl (C=O) groups is 1. The molecule has 0 heterocycles. The highest BCUT2D eigenvalue weighted by molar-refractivity contribution is 6.42. The quantitative estimate of drug-likeness (QED) is 0.780. The first-order valence-electron chi connectivity index (χ1n) is 6.47. The van der Waals surface area contributed by atoms with Gasteiger partial charge >= 0.3 is 0 Å². The van der Waals surface area contributed by atoms with E-state index in [2.05, 4.69) is 6.07 Å². The predicted molar refractivity (Wildman–Crippen MR) is 84.8 cm³/mol. The minimum atomic E-state index is 0.138. The third-order valence-electron chi connectivity index (χ3n) is 3.10. The van der Waals surface area contributed by atoms with Gasteiger partial charge in [0.2, 0.25) is 0 Å². The topological polar surface area (TPSA) is 17.1 Å². The van der Waals surface area contributed by atoms with E-state index in [-0.39, 0.29) is 5.78 Å². The lowest BCUT2D eigenvalue weighted by Gasteiger charge is -2.07. The lowest BCUT2D eigenvalue weighted by atomic mass is 10.00. The van der Waals surface area contributed by atoms with Gasteiger partial charge in [0.25, 0.3) is 0 Å². The molecule has 2 rings (SSSR count). The van der Waals surface area contributed by atoms with Gasteiger partial charge in [0.1, 0.15) is 5.78 Å². The third kappa shape index (κ3) is 3.84. The van der Waals surface area contributed by atoms with Crippen LogP contribution in [-0.4, -0.2) is 5.78 Å². The van der Waals surface area contributed by atoms with Crippen LogP contribution in [0.3, 0.4) is 0 Å². The van der Waals surface area contributed by atoms with Crippen molar-refractivity contribution in [2.75, 3.05) is 0 Å². The highest BCUT2D eigenvalue weighted by atomic mass is 35.5. The summed E-state index contributed by atoms with van der Waals surface area (Å²) in [6, 6.07) is 11.6. The second-order valence-electron chi connectivity index (χ2n) is 5.10. The minimum absolute atomic E-state index is 0.138. The zero-order valence-electron chi connectivity index (χ0n) is 11.5. The second kappa shape index (κ2) is 6.43. The van der Waals surface area contributed by atoms with Gasteiger partial charge in [-0.2, -0.15) is 0 Å². The van der Waals surface area contributed by atoms with Crippen molar-refractivity contribution >= 4 is 29.0 Å². The summed E-state index contributed by atoms with van der Waals surface area (Å²) in [7, 11) is 0. The zero-order valence-corrected chi connectivity index (χ0v) is 13.1. The van der Waals surface area contributed by atoms with Gasteiger partial charge in [0.15, 0.2) is 0 Å². The Labute approximate surface area is 129 Å². The Kier molecular flexibility index (Phi) is 4.85. The van der Waals surface area contributed by atoms with Gasteiger partial charge < -0.3 is 0 Å². The Morgan fingerprint density at radius 3 is 2.30 bits per heavy atom. The molecular formula is C17H16Cl2O. The number of halogens is 2. The van der Waals surface area contributed by atoms with E-state index in [1.807, 2.05) is 38.1 Å². The summed E-state index contributed by atoms with van der Waals surface area (Å²) in [5.74, 6) is 0.138. The van der Waals surface area contributed by atoms with Crippen LogP contribution in [0.25, 0.3) is 0 Å². The fourth-order valence-corrected chi connectivity index (χ4v) is 2.75. The Morgan fingerprint density at radius 2 is 1.65 bits per heavy atom. The van der Waals surface area contributed by atoms with Gasteiger partial charge in [-0.25, -0.2) is 0 Å². The first-order chi connectivity index (χ1) is 9.45. The van der Waals surface area contributed by atoms with Gasteiger partial charge in [-0.05, 0) is 31.0 Å². The molecule has 2 aromatic carbocycles. The number of rotatable bonds is 4. The van der Waals surface area contributed by atoms with Crippen LogP contribution in [0.2, 0.25) is 10.0 Å². The van der Waals surface area contributed by atoms with Crippen molar-refractivity contribution < 1.29 is 4.79 Å². The molecule has 0 saturated carbocycles. The molecule has 0 atom stereocenters. The largest absolute Gasteiger partial charge is 0.299 e. The fraction of sp³-hybridized carbons (Fsp3) is 0.235. The van der Waals surface area contributed by atoms with E-state index in [1.165, 1.54) is 11.1 Å². The summed E-state index contributed by atoms with van der Waals surface area (Å²) < 4.78 is 0. The molecule has 0 bridgehead atoms. The third-order valence-corrected chi connectivity index (χ3v) is 3.96. The molecular weight excluding hydrogens is 291 g/mol. The van der Waals surface area contributed by atoms with Crippen molar-refractivity contribution in [2.45, 2.75) is 26.7 Å². The number of Topliss-reactive ketones (excluding diaryl/α,β-unsaturated/α-hetero) is 1. The van der Waals surface area contributed by atoms with Crippen molar-refractivity contribution in [2.24, 2.45) is 0 Å². The summed E-state index contributed by atoms with van der Waals surface area (Å²) >= 11 is 12.1. The Hall–Kier alpha value is -1.31. The molecule has 0 N–H and O–H groups in total. The summed E-state index contributed by atoms with van der Waals surface area (Å²) in [4.78, 5) is 12.2. The number of aryl methyl sites for hydroxylation is 2. The molecule has 0 unspecified atom stereocenters. The zero-order chi connectivity index (χ0) is 14.7. The smallest absolute Gasteiger partial charge is 0.141 e. The molecule has 0 saturated heterocycles. The van der Waals surface area contributed by atoms with Crippen LogP contribution in [0, 0.1) is 13.8 Å². The lowest BCUT2D eigenvalue weighted by Crippen LogP contribution is -2.07. The van der Waals surface area contributed by atoms with Crippen LogP contribution in [0.1, 0.15) is 22.3 Å². The van der Waals surface area contributed by atoms with Crippen molar-refractivity contribution in [3.05, 3.63) is 68.7 Å². The molecule has 0 aliphatic rings. The van der Waals surface area contributed by atoms with Gasteiger partial charge in [-0.1, -0.05) is 64.7 Å². The number of hydrogen-bond donors (Lipinski definition) is 0. The first kappa shape index (κ1) is 15.1. The molecule has 20 heavy (non-hydrogen) atoms. The van der Waals surface area contributed by atoms with Gasteiger partial charge in [-0.3, -0.25) is 4.79 Å². The molecule has 2 aromatic rings. The standard InChI is InChI=1S/C17H16Cl2O/c1-11-6-12(2)8-13(7-11)9-15(20)10-14-4-3-5-16(18)17(14)19/h3-8H,9-10H2,1-2H3. The molecule has 0 spiro atoms. The number of ketones is 1. The SMILES string of the molecule is Cc1cc(C)cc(CC(=O)Cc2cccc(Cl)c2Cl)c1. The van der Waals surface area contributed by atoms with E-state index in [0.717, 1.165) is 11.1 Å². The van der Waals surface area contributed by atoms with Crippen LogP contribution in [0.4, 0.5) is 0 Å². The van der Waals surface area contributed by atoms with Crippen molar-refractivity contribution in [1.29, 1.82) is 0 Å². The van der Waals surface area contributed by atoms with Crippen molar-refractivity contribution in [1.82, 2.24) is 0 Å². The van der Waals surface area contributed by atoms with Gasteiger partial charge in [-0.15, -0.1) is 0 Å². The van der Waals surface area contributed by atoms with Crippen molar-refractivity contribution in [3.8, 4) is 0 Å².